The van der Waals surface area contributed by atoms with Crippen LogP contribution in [-0.4, -0.2) is 51.7 Å². The third-order valence-corrected chi connectivity index (χ3v) is 4.59. The Kier molecular flexibility index (Phi) is 5.01. The SMILES string of the molecule is CC[C@@H]([C@H](C)O)n1ncn(-c2ccc(N3CCNCC3)cc2)c1=O. The molecule has 0 aliphatic carbocycles. The molecule has 0 radical (unpaired) electrons. The standard InChI is InChI=1S/C17H25N5O2/c1-3-16(13(2)23)22-17(24)21(12-19-22)15-6-4-14(5-7-15)20-10-8-18-9-11-20/h4-7,12-13,16,18,23H,3,8-11H2,1-2H3/t13-,16-/m0/s1. The molecule has 0 bridgehead atoms. The van der Waals surface area contributed by atoms with Crippen LogP contribution in [0.15, 0.2) is 35.4 Å². The number of rotatable bonds is 5. The number of aliphatic hydroxyl groups is 1. The Labute approximate surface area is 141 Å². The van der Waals surface area contributed by atoms with Gasteiger partial charge in [0.15, 0.2) is 0 Å². The van der Waals surface area contributed by atoms with E-state index in [1.807, 2.05) is 31.2 Å². The Hall–Kier alpha value is -2.12. The van der Waals surface area contributed by atoms with Crippen LogP contribution in [0, 0.1) is 0 Å². The van der Waals surface area contributed by atoms with Crippen molar-refractivity contribution in [3.8, 4) is 5.69 Å². The van der Waals surface area contributed by atoms with Crippen LogP contribution in [0.5, 0.6) is 0 Å². The maximum absolute atomic E-state index is 12.6. The van der Waals surface area contributed by atoms with Crippen molar-refractivity contribution in [1.29, 1.82) is 0 Å². The van der Waals surface area contributed by atoms with Gasteiger partial charge in [0.25, 0.3) is 0 Å². The highest BCUT2D eigenvalue weighted by Crippen LogP contribution is 2.18. The summed E-state index contributed by atoms with van der Waals surface area (Å²) in [5, 5.41) is 17.4. The fraction of sp³-hybridized carbons (Fsp3) is 0.529. The highest BCUT2D eigenvalue weighted by atomic mass is 16.3. The maximum Gasteiger partial charge on any atom is 0.350 e. The monoisotopic (exact) mass is 331 g/mol. The number of nitrogens with zero attached hydrogens (tertiary/aromatic N) is 4. The molecular formula is C17H25N5O2. The predicted molar refractivity (Wildman–Crippen MR) is 93.9 cm³/mol. The van der Waals surface area contributed by atoms with Crippen molar-refractivity contribution in [1.82, 2.24) is 19.7 Å². The van der Waals surface area contributed by atoms with Crippen molar-refractivity contribution < 1.29 is 5.11 Å². The fourth-order valence-electron chi connectivity index (χ4n) is 3.19. The van der Waals surface area contributed by atoms with Crippen LogP contribution in [0.4, 0.5) is 5.69 Å². The summed E-state index contributed by atoms with van der Waals surface area (Å²) < 4.78 is 2.89. The molecule has 1 aliphatic heterocycles. The number of aromatic nitrogens is 3. The van der Waals surface area contributed by atoms with E-state index in [4.69, 9.17) is 0 Å². The van der Waals surface area contributed by atoms with Gasteiger partial charge in [-0.05, 0) is 37.6 Å². The van der Waals surface area contributed by atoms with E-state index >= 15 is 0 Å². The normalized spacial score (nSPS) is 17.7. The van der Waals surface area contributed by atoms with Crippen LogP contribution >= 0.6 is 0 Å². The topological polar surface area (TPSA) is 75.3 Å². The van der Waals surface area contributed by atoms with Crippen LogP contribution in [-0.2, 0) is 0 Å². The summed E-state index contributed by atoms with van der Waals surface area (Å²) in [4.78, 5) is 14.9. The third-order valence-electron chi connectivity index (χ3n) is 4.59. The smallest absolute Gasteiger partial charge is 0.350 e. The van der Waals surface area contributed by atoms with E-state index in [1.54, 1.807) is 6.92 Å². The van der Waals surface area contributed by atoms with E-state index in [1.165, 1.54) is 15.6 Å². The molecule has 7 heteroatoms. The molecule has 130 valence electrons. The molecule has 0 amide bonds. The number of hydrogen-bond donors (Lipinski definition) is 2. The van der Waals surface area contributed by atoms with E-state index in [9.17, 15) is 9.90 Å². The molecule has 2 atom stereocenters. The molecule has 0 spiro atoms. The maximum atomic E-state index is 12.6. The van der Waals surface area contributed by atoms with Gasteiger partial charge in [0.2, 0.25) is 0 Å². The first-order valence-corrected chi connectivity index (χ1v) is 8.52. The van der Waals surface area contributed by atoms with Gasteiger partial charge in [-0.25, -0.2) is 14.0 Å². The minimum absolute atomic E-state index is 0.224. The zero-order valence-electron chi connectivity index (χ0n) is 14.2. The lowest BCUT2D eigenvalue weighted by atomic mass is 10.1. The quantitative estimate of drug-likeness (QED) is 0.847. The summed E-state index contributed by atoms with van der Waals surface area (Å²) in [7, 11) is 0. The average Bonchev–Trinajstić information content (AvgIpc) is 2.98. The number of hydrogen-bond acceptors (Lipinski definition) is 5. The Morgan fingerprint density at radius 1 is 1.21 bits per heavy atom. The van der Waals surface area contributed by atoms with Crippen molar-refractivity contribution in [2.75, 3.05) is 31.1 Å². The van der Waals surface area contributed by atoms with Gasteiger partial charge in [0.05, 0.1) is 17.8 Å². The predicted octanol–water partition coefficient (Wildman–Crippen LogP) is 0.775. The van der Waals surface area contributed by atoms with Crippen molar-refractivity contribution in [3.05, 3.63) is 41.1 Å². The van der Waals surface area contributed by atoms with Crippen LogP contribution < -0.4 is 15.9 Å². The Balaban J connectivity index is 1.84. The van der Waals surface area contributed by atoms with E-state index in [-0.39, 0.29) is 11.7 Å². The van der Waals surface area contributed by atoms with Gasteiger partial charge in [0.1, 0.15) is 6.33 Å². The minimum atomic E-state index is -0.619. The van der Waals surface area contributed by atoms with Crippen LogP contribution in [0.25, 0.3) is 5.69 Å². The first-order valence-electron chi connectivity index (χ1n) is 8.52. The molecule has 1 saturated heterocycles. The second-order valence-electron chi connectivity index (χ2n) is 6.20. The first kappa shape index (κ1) is 16.7. The zero-order chi connectivity index (χ0) is 17.1. The second-order valence-corrected chi connectivity index (χ2v) is 6.20. The molecule has 2 aromatic rings. The molecule has 2 heterocycles. The third kappa shape index (κ3) is 3.22. The first-order chi connectivity index (χ1) is 11.6. The Bertz CT molecular complexity index is 713. The van der Waals surface area contributed by atoms with Crippen molar-refractivity contribution in [3.63, 3.8) is 0 Å². The fourth-order valence-corrected chi connectivity index (χ4v) is 3.19. The number of nitrogens with one attached hydrogen (secondary N) is 1. The molecule has 24 heavy (non-hydrogen) atoms. The minimum Gasteiger partial charge on any atom is -0.391 e. The summed E-state index contributed by atoms with van der Waals surface area (Å²) in [6.45, 7) is 7.58. The molecule has 3 rings (SSSR count). The van der Waals surface area contributed by atoms with Gasteiger partial charge in [-0.1, -0.05) is 6.92 Å². The lowest BCUT2D eigenvalue weighted by Crippen LogP contribution is -2.43. The van der Waals surface area contributed by atoms with Gasteiger partial charge >= 0.3 is 5.69 Å². The van der Waals surface area contributed by atoms with E-state index in [0.717, 1.165) is 37.6 Å². The molecule has 7 nitrogen and oxygen atoms in total. The van der Waals surface area contributed by atoms with Gasteiger partial charge < -0.3 is 15.3 Å². The van der Waals surface area contributed by atoms with Crippen molar-refractivity contribution in [2.45, 2.75) is 32.4 Å². The van der Waals surface area contributed by atoms with Gasteiger partial charge in [-0.2, -0.15) is 5.10 Å². The van der Waals surface area contributed by atoms with Crippen molar-refractivity contribution >= 4 is 5.69 Å². The van der Waals surface area contributed by atoms with Gasteiger partial charge in [0, 0.05) is 31.9 Å². The molecule has 2 N–H and O–H groups in total. The lowest BCUT2D eigenvalue weighted by molar-refractivity contribution is 0.118. The van der Waals surface area contributed by atoms with Crippen LogP contribution in [0.1, 0.15) is 26.3 Å². The lowest BCUT2D eigenvalue weighted by Gasteiger charge is -2.29. The van der Waals surface area contributed by atoms with Crippen LogP contribution in [0.2, 0.25) is 0 Å². The van der Waals surface area contributed by atoms with Crippen LogP contribution in [0.3, 0.4) is 0 Å². The zero-order valence-corrected chi connectivity index (χ0v) is 14.2. The molecule has 1 aromatic carbocycles. The average molecular weight is 331 g/mol. The molecule has 1 fully saturated rings. The number of piperazine rings is 1. The second kappa shape index (κ2) is 7.19. The summed E-state index contributed by atoms with van der Waals surface area (Å²) >= 11 is 0. The number of anilines is 1. The molecule has 1 aromatic heterocycles. The van der Waals surface area contributed by atoms with Gasteiger partial charge in [-0.3, -0.25) is 0 Å². The largest absolute Gasteiger partial charge is 0.391 e. The highest BCUT2D eigenvalue weighted by molar-refractivity contribution is 5.51. The van der Waals surface area contributed by atoms with Crippen molar-refractivity contribution in [2.24, 2.45) is 0 Å². The molecular weight excluding hydrogens is 306 g/mol. The van der Waals surface area contributed by atoms with E-state index in [0.29, 0.717) is 6.42 Å². The van der Waals surface area contributed by atoms with E-state index < -0.39 is 6.10 Å². The van der Waals surface area contributed by atoms with E-state index in [2.05, 4.69) is 15.3 Å². The molecule has 0 saturated carbocycles. The summed E-state index contributed by atoms with van der Waals surface area (Å²) in [5.41, 5.74) is 1.72. The number of benzene rings is 1. The summed E-state index contributed by atoms with van der Waals surface area (Å²) in [6, 6.07) is 7.65. The summed E-state index contributed by atoms with van der Waals surface area (Å²) in [6.07, 6.45) is 1.55. The summed E-state index contributed by atoms with van der Waals surface area (Å²) in [5.74, 6) is 0. The Morgan fingerprint density at radius 3 is 2.42 bits per heavy atom. The highest BCUT2D eigenvalue weighted by Gasteiger charge is 2.20. The van der Waals surface area contributed by atoms with Gasteiger partial charge in [-0.15, -0.1) is 0 Å². The molecule has 1 aliphatic rings. The molecule has 0 unspecified atom stereocenters. The number of aliphatic hydroxyl groups excluding tert-OH is 1. The Morgan fingerprint density at radius 2 is 1.83 bits per heavy atom.